The van der Waals surface area contributed by atoms with Gasteiger partial charge in [0.15, 0.2) is 0 Å². The van der Waals surface area contributed by atoms with Crippen LogP contribution in [0, 0.1) is 17.3 Å². The van der Waals surface area contributed by atoms with Gasteiger partial charge in [0, 0.05) is 17.5 Å². The zero-order chi connectivity index (χ0) is 12.7. The molecule has 0 radical (unpaired) electrons. The van der Waals surface area contributed by atoms with Crippen LogP contribution in [-0.4, -0.2) is 13.7 Å². The SMILES string of the molecule is CNCc1ccccc1OCC#CC(C)(C)C. The van der Waals surface area contributed by atoms with Gasteiger partial charge in [-0.1, -0.05) is 30.0 Å². The first-order chi connectivity index (χ1) is 8.03. The molecule has 0 saturated carbocycles. The van der Waals surface area contributed by atoms with Crippen LogP contribution in [0.5, 0.6) is 5.75 Å². The minimum Gasteiger partial charge on any atom is -0.481 e. The summed E-state index contributed by atoms with van der Waals surface area (Å²) >= 11 is 0. The summed E-state index contributed by atoms with van der Waals surface area (Å²) in [7, 11) is 1.93. The Kier molecular flexibility index (Phi) is 5.06. The Morgan fingerprint density at radius 2 is 1.94 bits per heavy atom. The summed E-state index contributed by atoms with van der Waals surface area (Å²) in [6.07, 6.45) is 0. The third-order valence-electron chi connectivity index (χ3n) is 2.10. The van der Waals surface area contributed by atoms with Gasteiger partial charge in [0.2, 0.25) is 0 Å². The van der Waals surface area contributed by atoms with Crippen LogP contribution >= 0.6 is 0 Å². The minimum atomic E-state index is 0.0356. The van der Waals surface area contributed by atoms with Gasteiger partial charge in [-0.25, -0.2) is 0 Å². The van der Waals surface area contributed by atoms with Crippen molar-refractivity contribution in [3.05, 3.63) is 29.8 Å². The molecule has 0 atom stereocenters. The van der Waals surface area contributed by atoms with E-state index in [2.05, 4.69) is 44.0 Å². The van der Waals surface area contributed by atoms with E-state index in [4.69, 9.17) is 4.74 Å². The van der Waals surface area contributed by atoms with E-state index < -0.39 is 0 Å². The summed E-state index contributed by atoms with van der Waals surface area (Å²) < 4.78 is 5.67. The quantitative estimate of drug-likeness (QED) is 0.805. The van der Waals surface area contributed by atoms with Gasteiger partial charge in [0.05, 0.1) is 0 Å². The summed E-state index contributed by atoms with van der Waals surface area (Å²) in [5.41, 5.74) is 1.20. The maximum absolute atomic E-state index is 5.67. The molecule has 92 valence electrons. The van der Waals surface area contributed by atoms with Crippen molar-refractivity contribution >= 4 is 0 Å². The fourth-order valence-corrected chi connectivity index (χ4v) is 1.40. The summed E-state index contributed by atoms with van der Waals surface area (Å²) in [5, 5.41) is 3.12. The fourth-order valence-electron chi connectivity index (χ4n) is 1.40. The maximum Gasteiger partial charge on any atom is 0.149 e. The van der Waals surface area contributed by atoms with Gasteiger partial charge in [0.1, 0.15) is 12.4 Å². The van der Waals surface area contributed by atoms with Gasteiger partial charge in [-0.3, -0.25) is 0 Å². The second kappa shape index (κ2) is 6.32. The zero-order valence-corrected chi connectivity index (χ0v) is 11.1. The molecule has 0 aliphatic rings. The molecule has 0 spiro atoms. The molecular weight excluding hydrogens is 210 g/mol. The molecule has 2 nitrogen and oxygen atoms in total. The number of rotatable bonds is 4. The number of hydrogen-bond acceptors (Lipinski definition) is 2. The Morgan fingerprint density at radius 1 is 1.24 bits per heavy atom. The highest BCUT2D eigenvalue weighted by Gasteiger charge is 2.03. The fraction of sp³-hybridized carbons (Fsp3) is 0.467. The first kappa shape index (κ1) is 13.6. The average molecular weight is 231 g/mol. The second-order valence-corrected chi connectivity index (χ2v) is 4.98. The highest BCUT2D eigenvalue weighted by Crippen LogP contribution is 2.17. The van der Waals surface area contributed by atoms with Crippen LogP contribution in [0.15, 0.2) is 24.3 Å². The zero-order valence-electron chi connectivity index (χ0n) is 11.1. The molecule has 0 aromatic heterocycles. The Hall–Kier alpha value is -1.46. The predicted octanol–water partition coefficient (Wildman–Crippen LogP) is 2.83. The van der Waals surface area contributed by atoms with Crippen LogP contribution in [0.25, 0.3) is 0 Å². The third kappa shape index (κ3) is 5.42. The lowest BCUT2D eigenvalue weighted by Gasteiger charge is -2.09. The van der Waals surface area contributed by atoms with Crippen LogP contribution in [-0.2, 0) is 6.54 Å². The Balaban J connectivity index is 2.59. The molecular formula is C15H21NO. The third-order valence-corrected chi connectivity index (χ3v) is 2.10. The first-order valence-corrected chi connectivity index (χ1v) is 5.88. The highest BCUT2D eigenvalue weighted by molar-refractivity contribution is 5.33. The molecule has 2 heteroatoms. The average Bonchev–Trinajstić information content (AvgIpc) is 2.25. The first-order valence-electron chi connectivity index (χ1n) is 5.88. The Morgan fingerprint density at radius 3 is 2.59 bits per heavy atom. The number of para-hydroxylation sites is 1. The molecule has 17 heavy (non-hydrogen) atoms. The predicted molar refractivity (Wildman–Crippen MR) is 71.9 cm³/mol. The lowest BCUT2D eigenvalue weighted by Crippen LogP contribution is -2.08. The van der Waals surface area contributed by atoms with Gasteiger partial charge in [-0.05, 0) is 33.9 Å². The van der Waals surface area contributed by atoms with Gasteiger partial charge < -0.3 is 10.1 Å². The lowest BCUT2D eigenvalue weighted by molar-refractivity contribution is 0.364. The molecule has 1 N–H and O–H groups in total. The molecule has 0 fully saturated rings. The molecule has 1 aromatic carbocycles. The standard InChI is InChI=1S/C15H21NO/c1-15(2,3)10-7-11-17-14-9-6-5-8-13(14)12-16-4/h5-6,8-9,16H,11-12H2,1-4H3. The van der Waals surface area contributed by atoms with Gasteiger partial charge >= 0.3 is 0 Å². The summed E-state index contributed by atoms with van der Waals surface area (Å²) in [6.45, 7) is 7.53. The van der Waals surface area contributed by atoms with Crippen LogP contribution in [0.2, 0.25) is 0 Å². The van der Waals surface area contributed by atoms with E-state index in [0.717, 1.165) is 17.9 Å². The molecule has 1 aromatic rings. The monoisotopic (exact) mass is 231 g/mol. The molecule has 0 saturated heterocycles. The molecule has 0 amide bonds. The normalized spacial score (nSPS) is 10.6. The van der Waals surface area contributed by atoms with E-state index in [1.54, 1.807) is 0 Å². The molecule has 0 unspecified atom stereocenters. The van der Waals surface area contributed by atoms with Crippen molar-refractivity contribution in [3.63, 3.8) is 0 Å². The van der Waals surface area contributed by atoms with Crippen molar-refractivity contribution in [2.24, 2.45) is 5.41 Å². The van der Waals surface area contributed by atoms with Gasteiger partial charge in [-0.2, -0.15) is 0 Å². The second-order valence-electron chi connectivity index (χ2n) is 4.98. The number of ether oxygens (including phenoxy) is 1. The van der Waals surface area contributed by atoms with E-state index in [1.807, 2.05) is 25.2 Å². The maximum atomic E-state index is 5.67. The van der Waals surface area contributed by atoms with Crippen LogP contribution in [0.4, 0.5) is 0 Å². The van der Waals surface area contributed by atoms with Crippen molar-refractivity contribution in [2.75, 3.05) is 13.7 Å². The van der Waals surface area contributed by atoms with Crippen molar-refractivity contribution in [3.8, 4) is 17.6 Å². The molecule has 0 aliphatic heterocycles. The smallest absolute Gasteiger partial charge is 0.149 e. The molecule has 0 aliphatic carbocycles. The largest absolute Gasteiger partial charge is 0.481 e. The van der Waals surface area contributed by atoms with Crippen LogP contribution < -0.4 is 10.1 Å². The number of hydrogen-bond donors (Lipinski definition) is 1. The summed E-state index contributed by atoms with van der Waals surface area (Å²) in [6, 6.07) is 8.03. The van der Waals surface area contributed by atoms with E-state index in [0.29, 0.717) is 6.61 Å². The van der Waals surface area contributed by atoms with E-state index in [9.17, 15) is 0 Å². The Labute approximate surface area is 104 Å². The number of benzene rings is 1. The molecule has 0 bridgehead atoms. The van der Waals surface area contributed by atoms with E-state index >= 15 is 0 Å². The molecule has 0 heterocycles. The van der Waals surface area contributed by atoms with Crippen molar-refractivity contribution in [2.45, 2.75) is 27.3 Å². The molecule has 1 rings (SSSR count). The van der Waals surface area contributed by atoms with E-state index in [-0.39, 0.29) is 5.41 Å². The number of nitrogens with one attached hydrogen (secondary N) is 1. The lowest BCUT2D eigenvalue weighted by atomic mass is 9.98. The van der Waals surface area contributed by atoms with Crippen LogP contribution in [0.1, 0.15) is 26.3 Å². The van der Waals surface area contributed by atoms with Crippen molar-refractivity contribution < 1.29 is 4.74 Å². The minimum absolute atomic E-state index is 0.0356. The van der Waals surface area contributed by atoms with Gasteiger partial charge in [-0.15, -0.1) is 0 Å². The topological polar surface area (TPSA) is 21.3 Å². The van der Waals surface area contributed by atoms with Gasteiger partial charge in [0.25, 0.3) is 0 Å². The van der Waals surface area contributed by atoms with Crippen molar-refractivity contribution in [1.29, 1.82) is 0 Å². The van der Waals surface area contributed by atoms with Crippen LogP contribution in [0.3, 0.4) is 0 Å². The highest BCUT2D eigenvalue weighted by atomic mass is 16.5. The van der Waals surface area contributed by atoms with E-state index in [1.165, 1.54) is 0 Å². The Bertz CT molecular complexity index is 407. The summed E-state index contributed by atoms with van der Waals surface area (Å²) in [4.78, 5) is 0. The van der Waals surface area contributed by atoms with Crippen molar-refractivity contribution in [1.82, 2.24) is 5.32 Å². The summed E-state index contributed by atoms with van der Waals surface area (Å²) in [5.74, 6) is 7.11.